The molecular weight excluding hydrogens is 472 g/mol. The van der Waals surface area contributed by atoms with Gasteiger partial charge in [-0.25, -0.2) is 0 Å². The van der Waals surface area contributed by atoms with Crippen LogP contribution < -0.4 is 0 Å². The van der Waals surface area contributed by atoms with Gasteiger partial charge in [0.2, 0.25) is 0 Å². The molecule has 1 amide bonds. The number of hydrogen-bond donors (Lipinski definition) is 0. The van der Waals surface area contributed by atoms with Gasteiger partial charge in [0.15, 0.2) is 10.4 Å². The Morgan fingerprint density at radius 3 is 2.65 bits per heavy atom. The van der Waals surface area contributed by atoms with Gasteiger partial charge in [-0.15, -0.1) is 11.3 Å². The molecule has 0 saturated carbocycles. The number of halogens is 1. The van der Waals surface area contributed by atoms with E-state index in [1.54, 1.807) is 12.1 Å². The summed E-state index contributed by atoms with van der Waals surface area (Å²) >= 11 is 5.25. The third-order valence-electron chi connectivity index (χ3n) is 6.34. The molecule has 0 saturated heterocycles. The predicted octanol–water partition coefficient (Wildman–Crippen LogP) is 6.52. The van der Waals surface area contributed by atoms with E-state index in [2.05, 4.69) is 51.0 Å². The Morgan fingerprint density at radius 2 is 1.84 bits per heavy atom. The van der Waals surface area contributed by atoms with E-state index in [9.17, 15) is 4.79 Å². The molecule has 0 unspecified atom stereocenters. The van der Waals surface area contributed by atoms with E-state index in [1.807, 2.05) is 34.4 Å². The number of benzene rings is 1. The van der Waals surface area contributed by atoms with Crippen LogP contribution in [0, 0.1) is 0 Å². The average molecular weight is 493 g/mol. The first-order chi connectivity index (χ1) is 15.2. The number of aromatic nitrogens is 1. The Kier molecular flexibility index (Phi) is 4.65. The van der Waals surface area contributed by atoms with Crippen LogP contribution in [-0.2, 0) is 19.4 Å². The van der Waals surface area contributed by atoms with Crippen LogP contribution in [-0.4, -0.2) is 15.4 Å². The van der Waals surface area contributed by atoms with Crippen molar-refractivity contribution < 1.29 is 9.21 Å². The van der Waals surface area contributed by atoms with Crippen LogP contribution in [0.5, 0.6) is 0 Å². The van der Waals surface area contributed by atoms with E-state index in [0.29, 0.717) is 17.0 Å². The monoisotopic (exact) mass is 492 g/mol. The lowest BCUT2D eigenvalue weighted by atomic mass is 9.95. The molecule has 156 valence electrons. The largest absolute Gasteiger partial charge is 0.444 e. The Hall–Kier alpha value is -2.57. The van der Waals surface area contributed by atoms with E-state index in [-0.39, 0.29) is 11.9 Å². The lowest BCUT2D eigenvalue weighted by molar-refractivity contribution is 0.0656. The first-order valence-electron chi connectivity index (χ1n) is 10.6. The van der Waals surface area contributed by atoms with Crippen molar-refractivity contribution in [3.8, 4) is 5.00 Å². The molecule has 1 aromatic carbocycles. The number of thiophene rings is 1. The number of hydrogen-bond acceptors (Lipinski definition) is 3. The molecular formula is C25H21BrN2O2S. The van der Waals surface area contributed by atoms with E-state index in [4.69, 9.17) is 4.42 Å². The zero-order chi connectivity index (χ0) is 20.9. The average Bonchev–Trinajstić information content (AvgIpc) is 3.51. The van der Waals surface area contributed by atoms with Crippen LogP contribution in [0.2, 0.25) is 0 Å². The second kappa shape index (κ2) is 7.53. The minimum atomic E-state index is -0.189. The van der Waals surface area contributed by atoms with Gasteiger partial charge >= 0.3 is 0 Å². The highest BCUT2D eigenvalue weighted by molar-refractivity contribution is 9.10. The Bertz CT molecular complexity index is 1270. The van der Waals surface area contributed by atoms with Gasteiger partial charge in [-0.1, -0.05) is 30.3 Å². The molecule has 4 heterocycles. The normalized spacial score (nSPS) is 17.6. The molecule has 3 aromatic heterocycles. The number of carbonyl (C=O) groups is 1. The molecule has 4 aromatic rings. The maximum atomic E-state index is 13.8. The maximum Gasteiger partial charge on any atom is 0.290 e. The van der Waals surface area contributed by atoms with Crippen LogP contribution in [0.3, 0.4) is 0 Å². The molecule has 0 radical (unpaired) electrons. The summed E-state index contributed by atoms with van der Waals surface area (Å²) in [6.45, 7) is 0.583. The molecule has 1 atom stereocenters. The number of aryl methyl sites for hydroxylation is 1. The molecule has 0 bridgehead atoms. The molecule has 2 aliphatic rings. The van der Waals surface area contributed by atoms with Crippen LogP contribution >= 0.6 is 27.3 Å². The standard InChI is InChI=1S/C25H21BrN2O2S/c26-22-13-12-20(30-22)24(29)28-15-18-17-9-4-5-11-21(17)31-25(18)27-14-6-10-19(27)23(28)16-7-2-1-3-8-16/h1-3,6-8,10,12-14,23H,4-5,9,11,15H2/t23-/m0/s1. The fourth-order valence-electron chi connectivity index (χ4n) is 4.94. The van der Waals surface area contributed by atoms with Gasteiger partial charge in [-0.3, -0.25) is 4.79 Å². The highest BCUT2D eigenvalue weighted by Crippen LogP contribution is 2.44. The fourth-order valence-corrected chi connectivity index (χ4v) is 6.65. The zero-order valence-electron chi connectivity index (χ0n) is 16.9. The first kappa shape index (κ1) is 19.1. The Balaban J connectivity index is 1.57. The predicted molar refractivity (Wildman–Crippen MR) is 125 cm³/mol. The molecule has 0 spiro atoms. The van der Waals surface area contributed by atoms with Gasteiger partial charge in [-0.05, 0) is 77.0 Å². The molecule has 4 nitrogen and oxygen atoms in total. The van der Waals surface area contributed by atoms with Crippen molar-refractivity contribution >= 4 is 33.2 Å². The highest BCUT2D eigenvalue weighted by Gasteiger charge is 2.37. The maximum absolute atomic E-state index is 13.8. The summed E-state index contributed by atoms with van der Waals surface area (Å²) in [6.07, 6.45) is 6.85. The molecule has 31 heavy (non-hydrogen) atoms. The van der Waals surface area contributed by atoms with Gasteiger partial charge in [0.05, 0.1) is 18.3 Å². The quantitative estimate of drug-likeness (QED) is 0.319. The summed E-state index contributed by atoms with van der Waals surface area (Å²) in [5.41, 5.74) is 4.97. The van der Waals surface area contributed by atoms with E-state index in [0.717, 1.165) is 24.1 Å². The number of nitrogens with zero attached hydrogens (tertiary/aromatic N) is 2. The van der Waals surface area contributed by atoms with Gasteiger partial charge in [0.25, 0.3) is 5.91 Å². The summed E-state index contributed by atoms with van der Waals surface area (Å²) in [4.78, 5) is 17.3. The summed E-state index contributed by atoms with van der Waals surface area (Å²) in [7, 11) is 0. The number of amides is 1. The fraction of sp³-hybridized carbons (Fsp3) is 0.240. The van der Waals surface area contributed by atoms with Crippen molar-refractivity contribution in [3.63, 3.8) is 0 Å². The number of carbonyl (C=O) groups excluding carboxylic acids is 1. The van der Waals surface area contributed by atoms with E-state index in [1.165, 1.54) is 33.8 Å². The first-order valence-corrected chi connectivity index (χ1v) is 12.2. The van der Waals surface area contributed by atoms with Crippen molar-refractivity contribution in [1.82, 2.24) is 9.47 Å². The molecule has 0 N–H and O–H groups in total. The van der Waals surface area contributed by atoms with Crippen molar-refractivity contribution in [2.75, 3.05) is 0 Å². The van der Waals surface area contributed by atoms with Crippen LogP contribution in [0.4, 0.5) is 0 Å². The van der Waals surface area contributed by atoms with Crippen molar-refractivity contribution in [1.29, 1.82) is 0 Å². The summed E-state index contributed by atoms with van der Waals surface area (Å²) in [5, 5.41) is 1.27. The molecule has 6 heteroatoms. The molecule has 1 aliphatic carbocycles. The van der Waals surface area contributed by atoms with E-state index >= 15 is 0 Å². The summed E-state index contributed by atoms with van der Waals surface area (Å²) in [5.74, 6) is 0.273. The number of fused-ring (bicyclic) bond motifs is 5. The van der Waals surface area contributed by atoms with Gasteiger partial charge in [0, 0.05) is 16.6 Å². The van der Waals surface area contributed by atoms with Gasteiger partial charge < -0.3 is 13.9 Å². The third kappa shape index (κ3) is 3.12. The molecule has 6 rings (SSSR count). The third-order valence-corrected chi connectivity index (χ3v) is 8.10. The summed E-state index contributed by atoms with van der Waals surface area (Å²) < 4.78 is 8.57. The summed E-state index contributed by atoms with van der Waals surface area (Å²) in [6, 6.07) is 17.9. The molecule has 0 fully saturated rings. The topological polar surface area (TPSA) is 38.4 Å². The zero-order valence-corrected chi connectivity index (χ0v) is 19.3. The van der Waals surface area contributed by atoms with Crippen LogP contribution in [0.1, 0.15) is 56.7 Å². The second-order valence-electron chi connectivity index (χ2n) is 8.15. The second-order valence-corrected chi connectivity index (χ2v) is 10.0. The van der Waals surface area contributed by atoms with Gasteiger partial charge in [-0.2, -0.15) is 0 Å². The minimum absolute atomic E-state index is 0.0871. The SMILES string of the molecule is O=C(c1ccc(Br)o1)N1Cc2c(sc3c2CCCC3)-n2cccc2[C@@H]1c1ccccc1. The van der Waals surface area contributed by atoms with Crippen molar-refractivity contribution in [3.05, 3.63) is 98.5 Å². The molecule has 1 aliphatic heterocycles. The smallest absolute Gasteiger partial charge is 0.290 e. The van der Waals surface area contributed by atoms with E-state index < -0.39 is 0 Å². The van der Waals surface area contributed by atoms with Crippen LogP contribution in [0.15, 0.2) is 69.9 Å². The van der Waals surface area contributed by atoms with Crippen molar-refractivity contribution in [2.24, 2.45) is 0 Å². The Morgan fingerprint density at radius 1 is 1.00 bits per heavy atom. The minimum Gasteiger partial charge on any atom is -0.444 e. The Labute approximate surface area is 193 Å². The number of furan rings is 1. The lowest BCUT2D eigenvalue weighted by Gasteiger charge is -2.30. The van der Waals surface area contributed by atoms with Crippen molar-refractivity contribution in [2.45, 2.75) is 38.3 Å². The highest BCUT2D eigenvalue weighted by atomic mass is 79.9. The number of rotatable bonds is 2. The van der Waals surface area contributed by atoms with Crippen LogP contribution in [0.25, 0.3) is 5.00 Å². The lowest BCUT2D eigenvalue weighted by Crippen LogP contribution is -2.34. The van der Waals surface area contributed by atoms with Gasteiger partial charge in [0.1, 0.15) is 5.00 Å².